The third kappa shape index (κ3) is 6.65. The zero-order valence-corrected chi connectivity index (χ0v) is 27.3. The van der Waals surface area contributed by atoms with Crippen molar-refractivity contribution in [3.05, 3.63) is 59.8 Å². The standard InChI is InChI=1S/C35H42N4O4S2/c36-23-35(15-16-35)38-33(40)30-4-2-1-3-29(30)31-32(26-9-11-28(12-10-26)39-17-21-45(41,42)22-18-39)44-34(37-31)27-7-5-24(6-8-27)25-13-19-43-20-14-25/h5-12,25,29-30,41-42H,1-4,13-22H2,(H,38,40)/t29-,30+/m1/s1. The van der Waals surface area contributed by atoms with Crippen LogP contribution >= 0.6 is 21.9 Å². The molecule has 0 radical (unpaired) electrons. The summed E-state index contributed by atoms with van der Waals surface area (Å²) in [4.78, 5) is 22.3. The number of benzene rings is 2. The average molecular weight is 647 g/mol. The summed E-state index contributed by atoms with van der Waals surface area (Å²) in [6.07, 6.45) is 7.32. The van der Waals surface area contributed by atoms with Crippen molar-refractivity contribution in [2.45, 2.75) is 68.7 Å². The first-order chi connectivity index (χ1) is 21.8. The molecule has 2 aliphatic heterocycles. The van der Waals surface area contributed by atoms with Gasteiger partial charge in [0.05, 0.1) is 28.1 Å². The fourth-order valence-electron chi connectivity index (χ4n) is 7.14. The lowest BCUT2D eigenvalue weighted by Crippen LogP contribution is -2.42. The van der Waals surface area contributed by atoms with Gasteiger partial charge in [0.2, 0.25) is 5.91 Å². The highest BCUT2D eigenvalue weighted by atomic mass is 32.3. The quantitative estimate of drug-likeness (QED) is 0.245. The van der Waals surface area contributed by atoms with Gasteiger partial charge in [0.25, 0.3) is 0 Å². The van der Waals surface area contributed by atoms with Crippen LogP contribution in [0.2, 0.25) is 0 Å². The molecule has 2 aliphatic carbocycles. The molecule has 2 atom stereocenters. The monoisotopic (exact) mass is 646 g/mol. The number of hydrogen-bond acceptors (Lipinski definition) is 8. The topological polar surface area (TPSA) is 119 Å². The summed E-state index contributed by atoms with van der Waals surface area (Å²) < 4.78 is 25.7. The second-order valence-corrected chi connectivity index (χ2v) is 16.6. The molecule has 0 bridgehead atoms. The normalized spacial score (nSPS) is 25.2. The van der Waals surface area contributed by atoms with E-state index in [9.17, 15) is 19.2 Å². The molecule has 2 aromatic carbocycles. The molecule has 4 fully saturated rings. The van der Waals surface area contributed by atoms with E-state index in [4.69, 9.17) is 9.72 Å². The highest BCUT2D eigenvalue weighted by Gasteiger charge is 2.47. The van der Waals surface area contributed by atoms with Crippen molar-refractivity contribution in [1.29, 1.82) is 5.26 Å². The lowest BCUT2D eigenvalue weighted by molar-refractivity contribution is -0.127. The van der Waals surface area contributed by atoms with Crippen LogP contribution in [0, 0.1) is 17.2 Å². The fourth-order valence-corrected chi connectivity index (χ4v) is 9.52. The van der Waals surface area contributed by atoms with Crippen molar-refractivity contribution in [3.8, 4) is 27.1 Å². The van der Waals surface area contributed by atoms with Crippen LogP contribution in [-0.4, -0.2) is 63.3 Å². The van der Waals surface area contributed by atoms with E-state index in [0.29, 0.717) is 30.5 Å². The van der Waals surface area contributed by atoms with Crippen LogP contribution in [0.15, 0.2) is 48.5 Å². The Bertz CT molecular complexity index is 1550. The van der Waals surface area contributed by atoms with Crippen molar-refractivity contribution in [2.24, 2.45) is 5.92 Å². The van der Waals surface area contributed by atoms with Crippen molar-refractivity contribution < 1.29 is 18.6 Å². The Morgan fingerprint density at radius 1 is 0.978 bits per heavy atom. The molecule has 8 nitrogen and oxygen atoms in total. The number of ether oxygens (including phenoxy) is 1. The number of rotatable bonds is 7. The molecule has 4 aliphatic rings. The van der Waals surface area contributed by atoms with Gasteiger partial charge in [-0.3, -0.25) is 13.9 Å². The summed E-state index contributed by atoms with van der Waals surface area (Å²) in [7, 11) is -2.45. The van der Waals surface area contributed by atoms with E-state index in [2.05, 4.69) is 64.8 Å². The summed E-state index contributed by atoms with van der Waals surface area (Å²) >= 11 is 1.69. The Morgan fingerprint density at radius 3 is 2.31 bits per heavy atom. The van der Waals surface area contributed by atoms with Crippen LogP contribution in [0.1, 0.15) is 74.5 Å². The van der Waals surface area contributed by atoms with Crippen molar-refractivity contribution >= 4 is 33.5 Å². The lowest BCUT2D eigenvalue weighted by Gasteiger charge is -2.41. The second-order valence-electron chi connectivity index (χ2n) is 13.2. The summed E-state index contributed by atoms with van der Waals surface area (Å²) in [6.45, 7) is 2.89. The third-order valence-corrected chi connectivity index (χ3v) is 13.0. The van der Waals surface area contributed by atoms with Gasteiger partial charge in [0, 0.05) is 49.4 Å². The maximum Gasteiger partial charge on any atom is 0.225 e. The van der Waals surface area contributed by atoms with Crippen LogP contribution in [0.3, 0.4) is 0 Å². The zero-order valence-electron chi connectivity index (χ0n) is 25.6. The number of anilines is 1. The number of carbonyl (C=O) groups excluding carboxylic acids is 1. The van der Waals surface area contributed by atoms with Gasteiger partial charge in [0.15, 0.2) is 0 Å². The number of hydrogen-bond donors (Lipinski definition) is 3. The lowest BCUT2D eigenvalue weighted by atomic mass is 9.76. The number of amides is 1. The largest absolute Gasteiger partial charge is 0.381 e. The number of nitriles is 1. The Labute approximate surface area is 271 Å². The number of thiazole rings is 1. The molecule has 3 heterocycles. The maximum atomic E-state index is 13.6. The third-order valence-electron chi connectivity index (χ3n) is 10.2. The van der Waals surface area contributed by atoms with Crippen LogP contribution in [0.5, 0.6) is 0 Å². The van der Waals surface area contributed by atoms with E-state index in [0.717, 1.165) is 97.0 Å². The van der Waals surface area contributed by atoms with Crippen LogP contribution in [0.25, 0.3) is 21.0 Å². The molecule has 10 heteroatoms. The van der Waals surface area contributed by atoms with Gasteiger partial charge in [-0.05, 0) is 67.7 Å². The average Bonchev–Trinajstić information content (AvgIpc) is 3.71. The number of carbonyl (C=O) groups is 1. The molecule has 3 N–H and O–H groups in total. The van der Waals surface area contributed by atoms with E-state index in [1.165, 1.54) is 5.56 Å². The van der Waals surface area contributed by atoms with E-state index >= 15 is 0 Å². The van der Waals surface area contributed by atoms with Crippen LogP contribution in [0.4, 0.5) is 5.69 Å². The van der Waals surface area contributed by atoms with Gasteiger partial charge in [0.1, 0.15) is 10.5 Å². The summed E-state index contributed by atoms with van der Waals surface area (Å²) in [5, 5.41) is 13.7. The van der Waals surface area contributed by atoms with E-state index < -0.39 is 16.1 Å². The summed E-state index contributed by atoms with van der Waals surface area (Å²) in [6, 6.07) is 19.7. The first kappa shape index (κ1) is 30.7. The molecular weight excluding hydrogens is 605 g/mol. The maximum absolute atomic E-state index is 13.6. The molecule has 238 valence electrons. The SMILES string of the molecule is N#CC1(NC(=O)[C@H]2CCCC[C@H]2c2nc(-c3ccc(C4CCOCC4)cc3)sc2-c2ccc(N3CCS(O)(O)CC3)cc2)CC1. The minimum Gasteiger partial charge on any atom is -0.381 e. The Kier molecular flexibility index (Phi) is 8.66. The molecule has 7 rings (SSSR count). The highest BCUT2D eigenvalue weighted by Crippen LogP contribution is 2.47. The Balaban J connectivity index is 1.21. The molecular formula is C35H42N4O4S2. The summed E-state index contributed by atoms with van der Waals surface area (Å²) in [5.74, 6) is 1.12. The molecule has 45 heavy (non-hydrogen) atoms. The van der Waals surface area contributed by atoms with E-state index in [1.54, 1.807) is 11.3 Å². The number of aromatic nitrogens is 1. The zero-order chi connectivity index (χ0) is 31.0. The Morgan fingerprint density at radius 2 is 1.64 bits per heavy atom. The van der Waals surface area contributed by atoms with E-state index in [-0.39, 0.29) is 17.7 Å². The van der Waals surface area contributed by atoms with Crippen LogP contribution < -0.4 is 10.2 Å². The number of nitrogens with one attached hydrogen (secondary N) is 1. The predicted octanol–water partition coefficient (Wildman–Crippen LogP) is 7.39. The molecule has 0 spiro atoms. The molecule has 3 aromatic rings. The van der Waals surface area contributed by atoms with Crippen molar-refractivity contribution in [2.75, 3.05) is 42.7 Å². The van der Waals surface area contributed by atoms with Crippen molar-refractivity contribution in [3.63, 3.8) is 0 Å². The highest BCUT2D eigenvalue weighted by molar-refractivity contribution is 8.24. The van der Waals surface area contributed by atoms with Crippen molar-refractivity contribution in [1.82, 2.24) is 10.3 Å². The van der Waals surface area contributed by atoms with Gasteiger partial charge in [-0.1, -0.05) is 49.2 Å². The van der Waals surface area contributed by atoms with Gasteiger partial charge < -0.3 is 15.0 Å². The van der Waals surface area contributed by atoms with Gasteiger partial charge in [-0.2, -0.15) is 15.9 Å². The van der Waals surface area contributed by atoms with Gasteiger partial charge in [-0.25, -0.2) is 4.98 Å². The van der Waals surface area contributed by atoms with Gasteiger partial charge >= 0.3 is 0 Å². The molecule has 1 aromatic heterocycles. The first-order valence-electron chi connectivity index (χ1n) is 16.3. The molecule has 2 saturated heterocycles. The molecule has 1 amide bonds. The Hall–Kier alpha value is -2.94. The minimum absolute atomic E-state index is 0.00789. The van der Waals surface area contributed by atoms with E-state index in [1.807, 2.05) is 0 Å². The second kappa shape index (κ2) is 12.7. The number of nitrogens with zero attached hydrogens (tertiary/aromatic N) is 3. The molecule has 0 unspecified atom stereocenters. The van der Waals surface area contributed by atoms with Gasteiger partial charge in [-0.15, -0.1) is 11.3 Å². The van der Waals surface area contributed by atoms with Crippen LogP contribution in [-0.2, 0) is 9.53 Å². The molecule has 2 saturated carbocycles. The fraction of sp³-hybridized carbons (Fsp3) is 0.514. The smallest absolute Gasteiger partial charge is 0.225 e. The summed E-state index contributed by atoms with van der Waals surface area (Å²) in [5.41, 5.74) is 4.90. The minimum atomic E-state index is -2.45. The predicted molar refractivity (Wildman–Crippen MR) is 181 cm³/mol. The first-order valence-corrected chi connectivity index (χ1v) is 19.0.